The largest absolute Gasteiger partial charge is 0.480 e. The third-order valence-corrected chi connectivity index (χ3v) is 6.29. The fraction of sp³-hybridized carbons (Fsp3) is 0.593. The Hall–Kier alpha value is -2.67. The molecule has 2 aliphatic heterocycles. The standard InChI is InChI=1S/C27H39NO6/c1-19(10-6-12-21(3)15-27(33)16-22(4)26(32)34-27)8-5-9-20(2)11-7-13-23-14-24(29)28(17-23)18-25(30)31/h8,11,14,16,21,33H,5-7,9-10,12-13,15,17-18H2,1-4H3,(H,30,31). The Morgan fingerprint density at radius 2 is 1.88 bits per heavy atom. The molecule has 0 aromatic rings. The summed E-state index contributed by atoms with van der Waals surface area (Å²) in [5, 5.41) is 19.2. The van der Waals surface area contributed by atoms with Crippen molar-refractivity contribution in [2.24, 2.45) is 5.92 Å². The summed E-state index contributed by atoms with van der Waals surface area (Å²) in [7, 11) is 0. The molecule has 2 unspecified atom stereocenters. The van der Waals surface area contributed by atoms with E-state index in [-0.39, 0.29) is 18.4 Å². The average molecular weight is 474 g/mol. The number of rotatable bonds is 14. The molecule has 0 bridgehead atoms. The van der Waals surface area contributed by atoms with Crippen molar-refractivity contribution >= 4 is 17.8 Å². The molecule has 2 N–H and O–H groups in total. The van der Waals surface area contributed by atoms with Crippen LogP contribution in [-0.2, 0) is 19.1 Å². The SMILES string of the molecule is CC(=CCCC1=CC(=O)N(CC(=O)O)C1)CCC=C(C)CCCC(C)CC1(O)C=C(C)C(=O)O1. The summed E-state index contributed by atoms with van der Waals surface area (Å²) in [6, 6.07) is 0. The topological polar surface area (TPSA) is 104 Å². The maximum Gasteiger partial charge on any atom is 0.336 e. The second-order valence-electron chi connectivity index (χ2n) is 9.83. The van der Waals surface area contributed by atoms with Gasteiger partial charge >= 0.3 is 11.9 Å². The molecule has 188 valence electrons. The van der Waals surface area contributed by atoms with E-state index < -0.39 is 17.7 Å². The average Bonchev–Trinajstić information content (AvgIpc) is 3.18. The van der Waals surface area contributed by atoms with Crippen molar-refractivity contribution in [2.75, 3.05) is 13.1 Å². The van der Waals surface area contributed by atoms with Crippen molar-refractivity contribution < 1.29 is 29.3 Å². The molecule has 0 aromatic heterocycles. The van der Waals surface area contributed by atoms with Gasteiger partial charge in [0.25, 0.3) is 0 Å². The maximum absolute atomic E-state index is 11.8. The van der Waals surface area contributed by atoms with Crippen LogP contribution in [-0.4, -0.2) is 51.8 Å². The Morgan fingerprint density at radius 1 is 1.21 bits per heavy atom. The van der Waals surface area contributed by atoms with Gasteiger partial charge in [0.2, 0.25) is 11.7 Å². The Bertz CT molecular complexity index is 897. The van der Waals surface area contributed by atoms with Gasteiger partial charge in [-0.15, -0.1) is 0 Å². The summed E-state index contributed by atoms with van der Waals surface area (Å²) < 4.78 is 5.08. The van der Waals surface area contributed by atoms with Gasteiger partial charge in [0, 0.05) is 24.6 Å². The van der Waals surface area contributed by atoms with Crippen LogP contribution in [0.4, 0.5) is 0 Å². The molecule has 0 aliphatic carbocycles. The third kappa shape index (κ3) is 9.29. The van der Waals surface area contributed by atoms with Gasteiger partial charge in [-0.05, 0) is 76.9 Å². The summed E-state index contributed by atoms with van der Waals surface area (Å²) in [6.45, 7) is 8.16. The van der Waals surface area contributed by atoms with Crippen LogP contribution in [0.3, 0.4) is 0 Å². The van der Waals surface area contributed by atoms with E-state index in [2.05, 4.69) is 32.9 Å². The quantitative estimate of drug-likeness (QED) is 0.280. The number of amides is 1. The maximum atomic E-state index is 11.8. The van der Waals surface area contributed by atoms with Crippen LogP contribution in [0.15, 0.2) is 46.6 Å². The third-order valence-electron chi connectivity index (χ3n) is 6.29. The number of ether oxygens (including phenoxy) is 1. The number of nitrogens with zero attached hydrogens (tertiary/aromatic N) is 1. The molecule has 0 saturated carbocycles. The molecule has 0 saturated heterocycles. The van der Waals surface area contributed by atoms with E-state index in [9.17, 15) is 19.5 Å². The number of aliphatic carboxylic acids is 1. The summed E-state index contributed by atoms with van der Waals surface area (Å²) in [5.41, 5.74) is 4.12. The Balaban J connectivity index is 1.61. The van der Waals surface area contributed by atoms with Crippen LogP contribution in [0.25, 0.3) is 0 Å². The van der Waals surface area contributed by atoms with Gasteiger partial charge in [-0.1, -0.05) is 36.6 Å². The Morgan fingerprint density at radius 3 is 2.53 bits per heavy atom. The molecule has 2 heterocycles. The monoisotopic (exact) mass is 473 g/mol. The van der Waals surface area contributed by atoms with E-state index in [0.29, 0.717) is 18.5 Å². The van der Waals surface area contributed by atoms with Crippen LogP contribution in [0.1, 0.15) is 79.1 Å². The first-order valence-corrected chi connectivity index (χ1v) is 12.1. The van der Waals surface area contributed by atoms with Gasteiger partial charge in [-0.3, -0.25) is 9.59 Å². The van der Waals surface area contributed by atoms with Crippen LogP contribution >= 0.6 is 0 Å². The Labute approximate surface area is 202 Å². The summed E-state index contributed by atoms with van der Waals surface area (Å²) in [5.74, 6) is -2.83. The molecule has 0 fully saturated rings. The number of carboxylic acid groups (broad SMARTS) is 1. The number of cyclic esters (lactones) is 1. The minimum atomic E-state index is -1.45. The Kier molecular flexibility index (Phi) is 10.3. The zero-order chi connectivity index (χ0) is 25.3. The molecule has 0 radical (unpaired) electrons. The summed E-state index contributed by atoms with van der Waals surface area (Å²) >= 11 is 0. The van der Waals surface area contributed by atoms with Crippen LogP contribution in [0.5, 0.6) is 0 Å². The molecule has 7 nitrogen and oxygen atoms in total. The molecule has 0 aromatic carbocycles. The number of hydrogen-bond acceptors (Lipinski definition) is 5. The zero-order valence-corrected chi connectivity index (χ0v) is 20.9. The molecule has 1 amide bonds. The van der Waals surface area contributed by atoms with E-state index in [1.165, 1.54) is 22.1 Å². The number of hydrogen-bond donors (Lipinski definition) is 2. The van der Waals surface area contributed by atoms with Gasteiger partial charge in [-0.25, -0.2) is 4.79 Å². The van der Waals surface area contributed by atoms with Crippen molar-refractivity contribution in [3.63, 3.8) is 0 Å². The smallest absolute Gasteiger partial charge is 0.336 e. The lowest BCUT2D eigenvalue weighted by Gasteiger charge is -2.23. The van der Waals surface area contributed by atoms with Crippen molar-refractivity contribution in [3.05, 3.63) is 46.6 Å². The first kappa shape index (κ1) is 27.6. The van der Waals surface area contributed by atoms with Crippen LogP contribution in [0.2, 0.25) is 0 Å². The van der Waals surface area contributed by atoms with Crippen molar-refractivity contribution in [3.8, 4) is 0 Å². The molecule has 2 aliphatic rings. The molecule has 2 atom stereocenters. The van der Waals surface area contributed by atoms with E-state index >= 15 is 0 Å². The molecular weight excluding hydrogens is 434 g/mol. The molecule has 2 rings (SSSR count). The normalized spacial score (nSPS) is 22.1. The van der Waals surface area contributed by atoms with Gasteiger partial charge in [-0.2, -0.15) is 0 Å². The lowest BCUT2D eigenvalue weighted by Crippen LogP contribution is -2.31. The van der Waals surface area contributed by atoms with Crippen molar-refractivity contribution in [1.82, 2.24) is 4.90 Å². The highest BCUT2D eigenvalue weighted by atomic mass is 16.7. The van der Waals surface area contributed by atoms with Crippen molar-refractivity contribution in [1.29, 1.82) is 0 Å². The van der Waals surface area contributed by atoms with Gasteiger partial charge in [0.05, 0.1) is 0 Å². The van der Waals surface area contributed by atoms with Crippen LogP contribution < -0.4 is 0 Å². The number of carboxylic acids is 1. The predicted molar refractivity (Wildman–Crippen MR) is 131 cm³/mol. The fourth-order valence-electron chi connectivity index (χ4n) is 4.44. The highest BCUT2D eigenvalue weighted by Gasteiger charge is 2.37. The molecule has 7 heteroatoms. The number of carbonyl (C=O) groups is 3. The number of esters is 1. The lowest BCUT2D eigenvalue weighted by atomic mass is 9.94. The highest BCUT2D eigenvalue weighted by molar-refractivity contribution is 5.93. The van der Waals surface area contributed by atoms with Gasteiger partial charge < -0.3 is 19.8 Å². The summed E-state index contributed by atoms with van der Waals surface area (Å²) in [6.07, 6.45) is 14.6. The second kappa shape index (κ2) is 12.7. The van der Waals surface area contributed by atoms with E-state index in [4.69, 9.17) is 9.84 Å². The number of carbonyl (C=O) groups excluding carboxylic acids is 2. The van der Waals surface area contributed by atoms with Gasteiger partial charge in [0.1, 0.15) is 6.54 Å². The van der Waals surface area contributed by atoms with Gasteiger partial charge in [0.15, 0.2) is 0 Å². The highest BCUT2D eigenvalue weighted by Crippen LogP contribution is 2.30. The lowest BCUT2D eigenvalue weighted by molar-refractivity contribution is -0.183. The minimum Gasteiger partial charge on any atom is -0.480 e. The zero-order valence-electron chi connectivity index (χ0n) is 20.9. The molecule has 0 spiro atoms. The minimum absolute atomic E-state index is 0.210. The first-order valence-electron chi connectivity index (χ1n) is 12.1. The van der Waals surface area contributed by atoms with E-state index in [0.717, 1.165) is 50.5 Å². The van der Waals surface area contributed by atoms with E-state index in [1.54, 1.807) is 13.0 Å². The van der Waals surface area contributed by atoms with E-state index in [1.807, 2.05) is 0 Å². The first-order chi connectivity index (χ1) is 16.0. The van der Waals surface area contributed by atoms with Crippen molar-refractivity contribution in [2.45, 2.75) is 84.8 Å². The molecule has 34 heavy (non-hydrogen) atoms. The number of allylic oxidation sites excluding steroid dienone is 4. The van der Waals surface area contributed by atoms with Crippen LogP contribution in [0, 0.1) is 5.92 Å². The fourth-order valence-corrected chi connectivity index (χ4v) is 4.44. The number of aliphatic hydroxyl groups is 1. The second-order valence-corrected chi connectivity index (χ2v) is 9.83. The summed E-state index contributed by atoms with van der Waals surface area (Å²) in [4.78, 5) is 35.4. The predicted octanol–water partition coefficient (Wildman–Crippen LogP) is 4.68. The molecular formula is C27H39NO6.